The fourth-order valence-electron chi connectivity index (χ4n) is 5.43. The molecule has 184 valence electrons. The summed E-state index contributed by atoms with van der Waals surface area (Å²) in [5, 5.41) is 21.0. The number of carboxylic acid groups (broad SMARTS) is 1. The first-order valence-corrected chi connectivity index (χ1v) is 11.9. The molecule has 2 aromatic carbocycles. The monoisotopic (exact) mass is 481 g/mol. The second-order valence-corrected chi connectivity index (χ2v) is 10.2. The lowest BCUT2D eigenvalue weighted by molar-refractivity contribution is -0.0125. The molecule has 5 rings (SSSR count). The lowest BCUT2D eigenvalue weighted by atomic mass is 9.92. The van der Waals surface area contributed by atoms with Gasteiger partial charge < -0.3 is 19.3 Å². The number of fused-ring (bicyclic) bond motifs is 4. The van der Waals surface area contributed by atoms with Crippen molar-refractivity contribution in [3.8, 4) is 11.4 Å². The Balaban J connectivity index is 1.77. The Hall–Kier alpha value is -3.26. The SMILES string of the molecule is CCn1c2c(c3cc(-c4nc5c(C)c(C(=O)O)ccc5n4CC(C)(C)O)ccc31)CC(F)(F)CC2. The van der Waals surface area contributed by atoms with Gasteiger partial charge in [-0.1, -0.05) is 0 Å². The van der Waals surface area contributed by atoms with Crippen molar-refractivity contribution in [2.75, 3.05) is 0 Å². The largest absolute Gasteiger partial charge is 0.478 e. The molecule has 0 fully saturated rings. The molecule has 0 radical (unpaired) electrons. The van der Waals surface area contributed by atoms with Crippen LogP contribution in [0, 0.1) is 6.92 Å². The Morgan fingerprint density at radius 1 is 1.17 bits per heavy atom. The molecule has 4 aromatic rings. The second kappa shape index (κ2) is 7.88. The molecular formula is C27H29F2N3O3. The van der Waals surface area contributed by atoms with E-state index in [0.717, 1.165) is 22.2 Å². The number of nitrogens with zero attached hydrogens (tertiary/aromatic N) is 3. The first-order valence-electron chi connectivity index (χ1n) is 11.9. The van der Waals surface area contributed by atoms with Crippen LogP contribution >= 0.6 is 0 Å². The second-order valence-electron chi connectivity index (χ2n) is 10.2. The van der Waals surface area contributed by atoms with Crippen LogP contribution < -0.4 is 0 Å². The predicted molar refractivity (Wildman–Crippen MR) is 131 cm³/mol. The molecule has 6 nitrogen and oxygen atoms in total. The summed E-state index contributed by atoms with van der Waals surface area (Å²) in [6.45, 7) is 8.07. The van der Waals surface area contributed by atoms with Gasteiger partial charge in [0.05, 0.1) is 28.7 Å². The normalized spacial score (nSPS) is 15.6. The fourth-order valence-corrected chi connectivity index (χ4v) is 5.43. The van der Waals surface area contributed by atoms with Crippen LogP contribution in [0.15, 0.2) is 30.3 Å². The predicted octanol–water partition coefficient (Wildman–Crippen LogP) is 5.58. The third kappa shape index (κ3) is 3.89. The molecular weight excluding hydrogens is 452 g/mol. The molecule has 0 aliphatic heterocycles. The van der Waals surface area contributed by atoms with E-state index in [0.29, 0.717) is 41.0 Å². The number of hydrogen-bond acceptors (Lipinski definition) is 3. The molecule has 0 atom stereocenters. The minimum absolute atomic E-state index is 0.143. The van der Waals surface area contributed by atoms with Crippen LogP contribution in [0.4, 0.5) is 8.78 Å². The lowest BCUT2D eigenvalue weighted by Crippen LogP contribution is -2.26. The molecule has 0 amide bonds. The highest BCUT2D eigenvalue weighted by molar-refractivity contribution is 5.97. The van der Waals surface area contributed by atoms with Gasteiger partial charge >= 0.3 is 5.97 Å². The maximum atomic E-state index is 14.4. The average Bonchev–Trinajstić information content (AvgIpc) is 3.27. The van der Waals surface area contributed by atoms with Crippen LogP contribution in [0.5, 0.6) is 0 Å². The van der Waals surface area contributed by atoms with E-state index in [1.807, 2.05) is 29.7 Å². The summed E-state index contributed by atoms with van der Waals surface area (Å²) in [5.74, 6) is -3.19. The maximum Gasteiger partial charge on any atom is 0.336 e. The highest BCUT2D eigenvalue weighted by atomic mass is 19.3. The number of imidazole rings is 1. The summed E-state index contributed by atoms with van der Waals surface area (Å²) in [6, 6.07) is 9.05. The number of aryl methyl sites for hydroxylation is 2. The van der Waals surface area contributed by atoms with Gasteiger partial charge in [0.15, 0.2) is 0 Å². The van der Waals surface area contributed by atoms with Gasteiger partial charge in [-0.2, -0.15) is 0 Å². The van der Waals surface area contributed by atoms with Gasteiger partial charge in [-0.15, -0.1) is 0 Å². The zero-order chi connectivity index (χ0) is 25.3. The van der Waals surface area contributed by atoms with E-state index in [4.69, 9.17) is 4.98 Å². The van der Waals surface area contributed by atoms with Gasteiger partial charge in [0.25, 0.3) is 5.92 Å². The summed E-state index contributed by atoms with van der Waals surface area (Å²) >= 11 is 0. The zero-order valence-electron chi connectivity index (χ0n) is 20.3. The molecule has 8 heteroatoms. The number of aliphatic hydroxyl groups is 1. The first kappa shape index (κ1) is 23.5. The summed E-state index contributed by atoms with van der Waals surface area (Å²) in [6.07, 6.45) is -0.0826. The van der Waals surface area contributed by atoms with Crippen LogP contribution in [0.2, 0.25) is 0 Å². The van der Waals surface area contributed by atoms with Gasteiger partial charge in [0.1, 0.15) is 5.82 Å². The van der Waals surface area contributed by atoms with Crippen molar-refractivity contribution in [2.24, 2.45) is 0 Å². The molecule has 1 aliphatic rings. The Kier molecular flexibility index (Phi) is 5.29. The van der Waals surface area contributed by atoms with Gasteiger partial charge in [-0.05, 0) is 75.6 Å². The van der Waals surface area contributed by atoms with E-state index < -0.39 is 17.5 Å². The molecule has 2 heterocycles. The molecule has 0 unspecified atom stereocenters. The van der Waals surface area contributed by atoms with Crippen molar-refractivity contribution in [1.82, 2.24) is 14.1 Å². The van der Waals surface area contributed by atoms with E-state index in [1.54, 1.807) is 32.9 Å². The molecule has 35 heavy (non-hydrogen) atoms. The van der Waals surface area contributed by atoms with Crippen molar-refractivity contribution in [1.29, 1.82) is 0 Å². The van der Waals surface area contributed by atoms with E-state index in [9.17, 15) is 23.8 Å². The summed E-state index contributed by atoms with van der Waals surface area (Å²) in [5.41, 5.74) is 4.23. The van der Waals surface area contributed by atoms with E-state index >= 15 is 0 Å². The number of benzene rings is 2. The number of aromatic carboxylic acids is 1. The Morgan fingerprint density at radius 3 is 2.54 bits per heavy atom. The molecule has 0 spiro atoms. The Labute approximate surface area is 201 Å². The van der Waals surface area contributed by atoms with Crippen LogP contribution in [-0.2, 0) is 25.9 Å². The number of alkyl halides is 2. The Morgan fingerprint density at radius 2 is 1.89 bits per heavy atom. The third-order valence-electron chi connectivity index (χ3n) is 6.97. The fraction of sp³-hybridized carbons (Fsp3) is 0.407. The van der Waals surface area contributed by atoms with E-state index in [2.05, 4.69) is 4.57 Å². The molecule has 0 bridgehead atoms. The quantitative estimate of drug-likeness (QED) is 0.390. The highest BCUT2D eigenvalue weighted by Crippen LogP contribution is 2.40. The Bertz CT molecular complexity index is 1490. The minimum atomic E-state index is -2.73. The summed E-state index contributed by atoms with van der Waals surface area (Å²) in [4.78, 5) is 16.5. The summed E-state index contributed by atoms with van der Waals surface area (Å²) in [7, 11) is 0. The van der Waals surface area contributed by atoms with Crippen molar-refractivity contribution in [3.05, 3.63) is 52.7 Å². The summed E-state index contributed by atoms with van der Waals surface area (Å²) < 4.78 is 32.8. The van der Waals surface area contributed by atoms with Crippen LogP contribution in [-0.4, -0.2) is 41.8 Å². The van der Waals surface area contributed by atoms with Gasteiger partial charge in [-0.25, -0.2) is 18.6 Å². The molecule has 2 N–H and O–H groups in total. The molecule has 2 aromatic heterocycles. The van der Waals surface area contributed by atoms with Crippen molar-refractivity contribution in [2.45, 2.75) is 71.6 Å². The lowest BCUT2D eigenvalue weighted by Gasteiger charge is -2.23. The maximum absolute atomic E-state index is 14.4. The smallest absolute Gasteiger partial charge is 0.336 e. The third-order valence-corrected chi connectivity index (χ3v) is 6.97. The molecule has 0 saturated carbocycles. The first-order chi connectivity index (χ1) is 16.4. The number of hydrogen-bond donors (Lipinski definition) is 2. The number of halogens is 2. The topological polar surface area (TPSA) is 80.3 Å². The van der Waals surface area contributed by atoms with Crippen molar-refractivity contribution in [3.63, 3.8) is 0 Å². The van der Waals surface area contributed by atoms with Crippen LogP contribution in [0.3, 0.4) is 0 Å². The average molecular weight is 482 g/mol. The number of rotatable bonds is 5. The number of carbonyl (C=O) groups is 1. The van der Waals surface area contributed by atoms with E-state index in [1.165, 1.54) is 0 Å². The number of carboxylic acids is 1. The van der Waals surface area contributed by atoms with E-state index in [-0.39, 0.29) is 24.9 Å². The van der Waals surface area contributed by atoms with Crippen LogP contribution in [0.1, 0.15) is 54.4 Å². The molecule has 1 aliphatic carbocycles. The minimum Gasteiger partial charge on any atom is -0.478 e. The van der Waals surface area contributed by atoms with Gasteiger partial charge in [0.2, 0.25) is 0 Å². The standard InChI is InChI=1S/C27H29F2N3O3/c1-5-31-20-8-6-16(12-18(20)19-13-27(28,29)11-10-21(19)31)24-30-23-15(2)17(25(33)34)7-9-22(23)32(24)14-26(3,4)35/h6-9,12,35H,5,10-11,13-14H2,1-4H3,(H,33,34). The van der Waals surface area contributed by atoms with Crippen LogP contribution in [0.25, 0.3) is 33.3 Å². The van der Waals surface area contributed by atoms with Crippen molar-refractivity contribution >= 4 is 27.9 Å². The molecule has 0 saturated heterocycles. The van der Waals surface area contributed by atoms with Gasteiger partial charge in [0, 0.05) is 41.5 Å². The highest BCUT2D eigenvalue weighted by Gasteiger charge is 2.37. The van der Waals surface area contributed by atoms with Crippen molar-refractivity contribution < 1.29 is 23.8 Å². The van der Waals surface area contributed by atoms with Gasteiger partial charge in [-0.3, -0.25) is 0 Å². The number of aromatic nitrogens is 3. The zero-order valence-corrected chi connectivity index (χ0v) is 20.3.